The maximum absolute atomic E-state index is 12.9. The Morgan fingerprint density at radius 1 is 1.28 bits per heavy atom. The van der Waals surface area contributed by atoms with Crippen LogP contribution in [0.15, 0.2) is 71.6 Å². The van der Waals surface area contributed by atoms with E-state index in [1.165, 1.54) is 18.2 Å². The first-order chi connectivity index (χ1) is 14.0. The van der Waals surface area contributed by atoms with E-state index in [4.69, 9.17) is 15.2 Å². The third-order valence-electron chi connectivity index (χ3n) is 4.37. The van der Waals surface area contributed by atoms with Gasteiger partial charge in [0.1, 0.15) is 17.4 Å². The largest absolute Gasteiger partial charge is 0.463 e. The second-order valence-electron chi connectivity index (χ2n) is 6.11. The van der Waals surface area contributed by atoms with E-state index in [0.717, 1.165) is 0 Å². The lowest BCUT2D eigenvalue weighted by Gasteiger charge is -2.28. The lowest BCUT2D eigenvalue weighted by atomic mass is 9.82. The summed E-state index contributed by atoms with van der Waals surface area (Å²) < 4.78 is 10.9. The zero-order valence-electron chi connectivity index (χ0n) is 15.5. The van der Waals surface area contributed by atoms with E-state index >= 15 is 0 Å². The monoisotopic (exact) mass is 391 g/mol. The summed E-state index contributed by atoms with van der Waals surface area (Å²) in [5.41, 5.74) is 6.78. The van der Waals surface area contributed by atoms with Gasteiger partial charge in [0.25, 0.3) is 5.69 Å². The number of carbonyl (C=O) groups is 1. The van der Waals surface area contributed by atoms with Crippen molar-refractivity contribution in [3.05, 3.63) is 92.9 Å². The van der Waals surface area contributed by atoms with Crippen molar-refractivity contribution in [1.29, 1.82) is 5.26 Å². The molecule has 0 amide bonds. The van der Waals surface area contributed by atoms with Gasteiger partial charge in [-0.1, -0.05) is 42.5 Å². The van der Waals surface area contributed by atoms with Crippen molar-refractivity contribution in [2.24, 2.45) is 5.73 Å². The van der Waals surface area contributed by atoms with Crippen LogP contribution in [-0.4, -0.2) is 17.5 Å². The van der Waals surface area contributed by atoms with Gasteiger partial charge in [0.2, 0.25) is 5.88 Å². The Labute approximate surface area is 166 Å². The summed E-state index contributed by atoms with van der Waals surface area (Å²) in [5, 5.41) is 20.9. The highest BCUT2D eigenvalue weighted by molar-refractivity contribution is 5.99. The zero-order valence-corrected chi connectivity index (χ0v) is 15.5. The van der Waals surface area contributed by atoms with E-state index in [1.807, 2.05) is 6.07 Å². The van der Waals surface area contributed by atoms with E-state index < -0.39 is 16.8 Å². The van der Waals surface area contributed by atoms with Crippen LogP contribution in [-0.2, 0) is 14.3 Å². The minimum Gasteiger partial charge on any atom is -0.463 e. The van der Waals surface area contributed by atoms with E-state index in [-0.39, 0.29) is 35.1 Å². The van der Waals surface area contributed by atoms with Crippen LogP contribution in [0, 0.1) is 21.4 Å². The lowest BCUT2D eigenvalue weighted by molar-refractivity contribution is -0.384. The highest BCUT2D eigenvalue weighted by atomic mass is 16.6. The molecule has 0 radical (unpaired) electrons. The van der Waals surface area contributed by atoms with Gasteiger partial charge in [-0.05, 0) is 12.5 Å². The van der Waals surface area contributed by atoms with Crippen molar-refractivity contribution in [2.45, 2.75) is 12.8 Å². The maximum Gasteiger partial charge on any atom is 0.338 e. The Morgan fingerprint density at radius 2 is 2.00 bits per heavy atom. The molecule has 1 aliphatic rings. The van der Waals surface area contributed by atoms with E-state index in [1.54, 1.807) is 43.3 Å². The summed E-state index contributed by atoms with van der Waals surface area (Å²) in [5.74, 6) is -1.68. The smallest absolute Gasteiger partial charge is 0.338 e. The van der Waals surface area contributed by atoms with Crippen LogP contribution in [0.2, 0.25) is 0 Å². The third-order valence-corrected chi connectivity index (χ3v) is 4.37. The summed E-state index contributed by atoms with van der Waals surface area (Å²) in [6.07, 6.45) is 0. The number of hydrogen-bond acceptors (Lipinski definition) is 7. The van der Waals surface area contributed by atoms with Crippen molar-refractivity contribution in [3.8, 4) is 6.07 Å². The molecule has 146 valence electrons. The maximum atomic E-state index is 12.9. The number of nitrogens with zero attached hydrogens (tertiary/aromatic N) is 2. The molecule has 29 heavy (non-hydrogen) atoms. The van der Waals surface area contributed by atoms with Gasteiger partial charge in [-0.3, -0.25) is 10.1 Å². The highest BCUT2D eigenvalue weighted by Gasteiger charge is 2.38. The number of nitrogens with two attached hydrogens (primary N) is 1. The second kappa shape index (κ2) is 8.27. The van der Waals surface area contributed by atoms with Crippen LogP contribution < -0.4 is 5.73 Å². The van der Waals surface area contributed by atoms with Crippen LogP contribution in [0.25, 0.3) is 5.76 Å². The number of nitro benzene ring substituents is 1. The molecule has 2 aromatic carbocycles. The Bertz CT molecular complexity index is 1070. The molecule has 1 unspecified atom stereocenters. The SMILES string of the molecule is CCOC(=O)C1=C(c2ccccc2)OC(N)=C(C#N)C1c1cccc([N+](=O)[O-])c1. The molecule has 2 N–H and O–H groups in total. The minimum atomic E-state index is -0.970. The average Bonchev–Trinajstić information content (AvgIpc) is 2.73. The summed E-state index contributed by atoms with van der Waals surface area (Å²) in [6, 6.07) is 16.5. The van der Waals surface area contributed by atoms with Gasteiger partial charge in [0, 0.05) is 17.7 Å². The number of carbonyl (C=O) groups excluding carboxylic acids is 1. The molecule has 0 aliphatic carbocycles. The van der Waals surface area contributed by atoms with E-state index in [9.17, 15) is 20.2 Å². The Kier molecular flexibility index (Phi) is 5.60. The van der Waals surface area contributed by atoms with Crippen molar-refractivity contribution < 1.29 is 19.2 Å². The number of hydrogen-bond donors (Lipinski definition) is 1. The molecular weight excluding hydrogens is 374 g/mol. The fraction of sp³-hybridized carbons (Fsp3) is 0.143. The van der Waals surface area contributed by atoms with Gasteiger partial charge in [-0.2, -0.15) is 5.26 Å². The topological polar surface area (TPSA) is 128 Å². The number of ether oxygens (including phenoxy) is 2. The number of rotatable bonds is 5. The number of nitro groups is 1. The highest BCUT2D eigenvalue weighted by Crippen LogP contribution is 2.43. The summed E-state index contributed by atoms with van der Waals surface area (Å²) in [6.45, 7) is 1.76. The van der Waals surface area contributed by atoms with Gasteiger partial charge in [-0.25, -0.2) is 4.79 Å². The normalized spacial score (nSPS) is 16.1. The second-order valence-corrected chi connectivity index (χ2v) is 6.11. The van der Waals surface area contributed by atoms with Gasteiger partial charge in [-0.15, -0.1) is 0 Å². The van der Waals surface area contributed by atoms with Crippen molar-refractivity contribution >= 4 is 17.4 Å². The summed E-state index contributed by atoms with van der Waals surface area (Å²) >= 11 is 0. The van der Waals surface area contributed by atoms with Gasteiger partial charge < -0.3 is 15.2 Å². The van der Waals surface area contributed by atoms with Crippen molar-refractivity contribution in [2.75, 3.05) is 6.61 Å². The molecule has 0 spiro atoms. The average molecular weight is 391 g/mol. The Hall–Kier alpha value is -4.12. The molecule has 2 aromatic rings. The number of esters is 1. The molecule has 3 rings (SSSR count). The molecule has 0 saturated heterocycles. The molecule has 8 heteroatoms. The van der Waals surface area contributed by atoms with Crippen LogP contribution in [0.3, 0.4) is 0 Å². The first-order valence-electron chi connectivity index (χ1n) is 8.76. The molecule has 0 fully saturated rings. The third kappa shape index (κ3) is 3.80. The van der Waals surface area contributed by atoms with Crippen molar-refractivity contribution in [1.82, 2.24) is 0 Å². The Balaban J connectivity index is 2.29. The first kappa shape index (κ1) is 19.6. The standard InChI is InChI=1S/C21H17N3O5/c1-2-28-21(25)18-17(14-9-6-10-15(11-14)24(26)27)16(12-22)20(23)29-19(18)13-7-4-3-5-8-13/h3-11,17H,2,23H2,1H3. The molecular formula is C21H17N3O5. The van der Waals surface area contributed by atoms with Crippen LogP contribution >= 0.6 is 0 Å². The summed E-state index contributed by atoms with van der Waals surface area (Å²) in [4.78, 5) is 23.6. The number of nitriles is 1. The van der Waals surface area contributed by atoms with Crippen LogP contribution in [0.5, 0.6) is 0 Å². The zero-order chi connectivity index (χ0) is 21.0. The fourth-order valence-electron chi connectivity index (χ4n) is 3.13. The fourth-order valence-corrected chi connectivity index (χ4v) is 3.13. The minimum absolute atomic E-state index is 0.0202. The van der Waals surface area contributed by atoms with Gasteiger partial charge >= 0.3 is 5.97 Å². The molecule has 1 aliphatic heterocycles. The van der Waals surface area contributed by atoms with E-state index in [2.05, 4.69) is 0 Å². The molecule has 0 saturated carbocycles. The molecule has 8 nitrogen and oxygen atoms in total. The molecule has 1 heterocycles. The number of allylic oxidation sites excluding steroid dienone is 1. The van der Waals surface area contributed by atoms with Crippen molar-refractivity contribution in [3.63, 3.8) is 0 Å². The Morgan fingerprint density at radius 3 is 2.62 bits per heavy atom. The lowest BCUT2D eigenvalue weighted by Crippen LogP contribution is -2.26. The predicted molar refractivity (Wildman–Crippen MR) is 104 cm³/mol. The predicted octanol–water partition coefficient (Wildman–Crippen LogP) is 3.38. The number of non-ortho nitro benzene ring substituents is 1. The van der Waals surface area contributed by atoms with Gasteiger partial charge in [0.15, 0.2) is 0 Å². The first-order valence-corrected chi connectivity index (χ1v) is 8.76. The van der Waals surface area contributed by atoms with Crippen LogP contribution in [0.4, 0.5) is 5.69 Å². The molecule has 1 atom stereocenters. The van der Waals surface area contributed by atoms with Gasteiger partial charge in [0.05, 0.1) is 23.0 Å². The van der Waals surface area contributed by atoms with Crippen LogP contribution in [0.1, 0.15) is 24.0 Å². The summed E-state index contributed by atoms with van der Waals surface area (Å²) in [7, 11) is 0. The molecule has 0 aromatic heterocycles. The number of benzene rings is 2. The molecule has 0 bridgehead atoms. The quantitative estimate of drug-likeness (QED) is 0.470. The van der Waals surface area contributed by atoms with E-state index in [0.29, 0.717) is 11.1 Å².